The number of rotatable bonds is 10. The molecule has 0 aromatic heterocycles. The molecule has 0 aromatic carbocycles. The van der Waals surface area contributed by atoms with E-state index >= 15 is 0 Å². The zero-order valence-electron chi connectivity index (χ0n) is 25.8. The van der Waals surface area contributed by atoms with E-state index < -0.39 is 12.1 Å². The van der Waals surface area contributed by atoms with Crippen molar-refractivity contribution in [3.63, 3.8) is 0 Å². The third-order valence-corrected chi connectivity index (χ3v) is 10.5. The zero-order chi connectivity index (χ0) is 29.5. The fourth-order valence-electron chi connectivity index (χ4n) is 8.15. The molecule has 0 aromatic rings. The highest BCUT2D eigenvalue weighted by Crippen LogP contribution is 2.40. The molecule has 5 N–H and O–H groups in total. The molecule has 234 valence electrons. The highest BCUT2D eigenvalue weighted by Gasteiger charge is 2.45. The van der Waals surface area contributed by atoms with Crippen LogP contribution in [0.1, 0.15) is 85.5 Å². The predicted octanol–water partition coefficient (Wildman–Crippen LogP) is 3.28. The molecule has 4 aliphatic rings. The van der Waals surface area contributed by atoms with Crippen molar-refractivity contribution in [2.45, 2.75) is 116 Å². The number of hydrogen-bond donors (Lipinski definition) is 5. The fraction of sp³-hybridized carbons (Fsp3) is 0.875. The molecule has 11 unspecified atom stereocenters. The Labute approximate surface area is 247 Å². The van der Waals surface area contributed by atoms with Crippen LogP contribution in [0.3, 0.4) is 0 Å². The van der Waals surface area contributed by atoms with E-state index in [9.17, 15) is 14.7 Å². The van der Waals surface area contributed by atoms with Crippen LogP contribution in [0.4, 0.5) is 0 Å². The van der Waals surface area contributed by atoms with Gasteiger partial charge in [0.15, 0.2) is 0 Å². The van der Waals surface area contributed by atoms with Gasteiger partial charge in [-0.05, 0) is 80.5 Å². The number of hydrogen-bond acceptors (Lipinski definition) is 8. The molecule has 1 aliphatic heterocycles. The summed E-state index contributed by atoms with van der Waals surface area (Å²) in [6, 6.07) is 0. The zero-order valence-corrected chi connectivity index (χ0v) is 25.8. The van der Waals surface area contributed by atoms with E-state index in [0.29, 0.717) is 30.1 Å². The van der Waals surface area contributed by atoms with Crippen LogP contribution in [0.2, 0.25) is 0 Å². The first kappa shape index (κ1) is 32.4. The molecule has 11 atom stereocenters. The normalized spacial score (nSPS) is 41.8. The van der Waals surface area contributed by atoms with Gasteiger partial charge >= 0.3 is 5.97 Å². The van der Waals surface area contributed by atoms with Crippen LogP contribution in [0.5, 0.6) is 0 Å². The second-order valence-corrected chi connectivity index (χ2v) is 13.8. The predicted molar refractivity (Wildman–Crippen MR) is 159 cm³/mol. The van der Waals surface area contributed by atoms with E-state index in [1.54, 1.807) is 0 Å². The van der Waals surface area contributed by atoms with E-state index in [2.05, 4.69) is 55.5 Å². The third-order valence-electron chi connectivity index (χ3n) is 10.5. The molecule has 1 saturated heterocycles. The van der Waals surface area contributed by atoms with Crippen LogP contribution in [-0.4, -0.2) is 67.4 Å². The first-order valence-electron chi connectivity index (χ1n) is 16.3. The summed E-state index contributed by atoms with van der Waals surface area (Å²) in [4.78, 5) is 23.3. The molecular weight excluding hydrogens is 520 g/mol. The highest BCUT2D eigenvalue weighted by molar-refractivity contribution is 5.81. The number of aliphatic hydroxyl groups excluding tert-OH is 1. The lowest BCUT2D eigenvalue weighted by atomic mass is 9.71. The first-order chi connectivity index (χ1) is 19.6. The molecule has 0 bridgehead atoms. The molecule has 9 nitrogen and oxygen atoms in total. The van der Waals surface area contributed by atoms with Crippen molar-refractivity contribution in [1.82, 2.24) is 21.3 Å². The minimum absolute atomic E-state index is 0.0434. The lowest BCUT2D eigenvalue weighted by Crippen LogP contribution is -2.74. The number of nitrogens with one attached hydrogen (secondary N) is 4. The fourth-order valence-corrected chi connectivity index (χ4v) is 8.15. The summed E-state index contributed by atoms with van der Waals surface area (Å²) in [6.07, 6.45) is 10.7. The van der Waals surface area contributed by atoms with Crippen LogP contribution >= 0.6 is 0 Å². The summed E-state index contributed by atoms with van der Waals surface area (Å²) in [7, 11) is 0. The van der Waals surface area contributed by atoms with Gasteiger partial charge in [0.05, 0.1) is 37.3 Å². The van der Waals surface area contributed by atoms with Crippen molar-refractivity contribution in [1.29, 1.82) is 0 Å². The van der Waals surface area contributed by atoms with Crippen LogP contribution < -0.4 is 21.3 Å². The maximum atomic E-state index is 12.2. The van der Waals surface area contributed by atoms with Crippen molar-refractivity contribution < 1.29 is 24.2 Å². The van der Waals surface area contributed by atoms with Crippen molar-refractivity contribution in [3.05, 3.63) is 12.7 Å². The molecule has 9 heteroatoms. The minimum atomic E-state index is -0.512. The summed E-state index contributed by atoms with van der Waals surface area (Å²) in [5.41, 5.74) is 0. The van der Waals surface area contributed by atoms with Crippen molar-refractivity contribution in [2.75, 3.05) is 19.8 Å². The van der Waals surface area contributed by atoms with E-state index in [4.69, 9.17) is 9.47 Å². The lowest BCUT2D eigenvalue weighted by Gasteiger charge is -2.52. The molecule has 3 saturated carbocycles. The first-order valence-corrected chi connectivity index (χ1v) is 16.3. The molecule has 1 amide bonds. The van der Waals surface area contributed by atoms with Crippen molar-refractivity contribution in [2.24, 2.45) is 41.4 Å². The number of carbonyl (C=O) groups excluding carboxylic acids is 2. The van der Waals surface area contributed by atoms with Crippen LogP contribution in [-0.2, 0) is 19.1 Å². The Morgan fingerprint density at radius 1 is 0.829 bits per heavy atom. The van der Waals surface area contributed by atoms with E-state index in [1.807, 2.05) is 0 Å². The summed E-state index contributed by atoms with van der Waals surface area (Å²) in [5, 5.41) is 25.9. The van der Waals surface area contributed by atoms with Gasteiger partial charge in [0.25, 0.3) is 0 Å². The van der Waals surface area contributed by atoms with Crippen molar-refractivity contribution in [3.8, 4) is 0 Å². The second kappa shape index (κ2) is 15.3. The molecule has 4 fully saturated rings. The minimum Gasteiger partial charge on any atom is -0.461 e. The molecule has 4 rings (SSSR count). The number of esters is 1. The number of ether oxygens (including phenoxy) is 2. The summed E-state index contributed by atoms with van der Waals surface area (Å²) in [6.45, 7) is 13.2. The Hall–Kier alpha value is -1.52. The molecule has 3 aliphatic carbocycles. The second-order valence-electron chi connectivity index (χ2n) is 13.8. The van der Waals surface area contributed by atoms with Gasteiger partial charge in [-0.3, -0.25) is 20.7 Å². The number of aliphatic hydroxyl groups is 1. The van der Waals surface area contributed by atoms with Gasteiger partial charge < -0.3 is 19.9 Å². The number of amides is 1. The van der Waals surface area contributed by atoms with Gasteiger partial charge in [-0.15, -0.1) is 0 Å². The monoisotopic (exact) mass is 576 g/mol. The molecule has 1 heterocycles. The average Bonchev–Trinajstić information content (AvgIpc) is 2.93. The maximum absolute atomic E-state index is 12.2. The number of carbonyl (C=O) groups is 2. The molecule has 0 spiro atoms. The largest absolute Gasteiger partial charge is 0.461 e. The van der Waals surface area contributed by atoms with E-state index in [0.717, 1.165) is 30.8 Å². The van der Waals surface area contributed by atoms with Crippen LogP contribution in [0.25, 0.3) is 0 Å². The quantitative estimate of drug-likeness (QED) is 0.153. The molecular formula is C32H56N4O5. The summed E-state index contributed by atoms with van der Waals surface area (Å²) in [5.74, 6) is 3.43. The molecule has 0 radical (unpaired) electrons. The van der Waals surface area contributed by atoms with E-state index in [-0.39, 0.29) is 56.2 Å². The van der Waals surface area contributed by atoms with Gasteiger partial charge in [-0.2, -0.15) is 0 Å². The van der Waals surface area contributed by atoms with Gasteiger partial charge in [0.2, 0.25) is 5.91 Å². The van der Waals surface area contributed by atoms with Gasteiger partial charge in [-0.25, -0.2) is 4.79 Å². The van der Waals surface area contributed by atoms with Gasteiger partial charge in [-0.1, -0.05) is 47.1 Å². The van der Waals surface area contributed by atoms with Gasteiger partial charge in [0.1, 0.15) is 13.2 Å². The summed E-state index contributed by atoms with van der Waals surface area (Å²) >= 11 is 0. The average molecular weight is 577 g/mol. The Balaban J connectivity index is 1.32. The Morgan fingerprint density at radius 2 is 1.37 bits per heavy atom. The maximum Gasteiger partial charge on any atom is 0.330 e. The highest BCUT2D eigenvalue weighted by atomic mass is 16.5. The SMILES string of the molecule is C=CC(=O)OCCNC(=O)COC1CCC(C2NC(C3CCC(C)CC3C)NC(C3CCC(C)CC3C)N2)C(O)C1. The van der Waals surface area contributed by atoms with Crippen LogP contribution in [0, 0.1) is 41.4 Å². The third kappa shape index (κ3) is 8.99. The Morgan fingerprint density at radius 3 is 1.88 bits per heavy atom. The molecule has 41 heavy (non-hydrogen) atoms. The van der Waals surface area contributed by atoms with Gasteiger partial charge in [0, 0.05) is 12.0 Å². The Kier molecular flexibility index (Phi) is 12.1. The van der Waals surface area contributed by atoms with Crippen LogP contribution in [0.15, 0.2) is 12.7 Å². The lowest BCUT2D eigenvalue weighted by molar-refractivity contribution is -0.138. The smallest absolute Gasteiger partial charge is 0.330 e. The van der Waals surface area contributed by atoms with E-state index in [1.165, 1.54) is 38.5 Å². The van der Waals surface area contributed by atoms with Crippen molar-refractivity contribution >= 4 is 11.9 Å². The Bertz CT molecular complexity index is 839. The topological polar surface area (TPSA) is 121 Å². The summed E-state index contributed by atoms with van der Waals surface area (Å²) < 4.78 is 10.8. The standard InChI is InChI=1S/C32H56N4O5/c1-6-29(39)40-14-13-33-28(38)18-41-23-9-12-26(27(37)17-23)32-35-30(24-10-7-19(2)15-21(24)4)34-31(36-32)25-11-8-20(3)16-22(25)5/h6,19-27,30-32,34-37H,1,7-18H2,2-5H3,(H,33,38).